The van der Waals surface area contributed by atoms with Crippen LogP contribution in [0.4, 0.5) is 11.4 Å². The molecule has 2 rings (SSSR count). The van der Waals surface area contributed by atoms with E-state index in [1.807, 2.05) is 30.3 Å². The first kappa shape index (κ1) is 15.1. The first-order valence-corrected chi connectivity index (χ1v) is 7.32. The molecule has 0 aromatic heterocycles. The number of anilines is 2. The van der Waals surface area contributed by atoms with Gasteiger partial charge in [-0.05, 0) is 30.2 Å². The Balaban J connectivity index is 2.45. The quantitative estimate of drug-likeness (QED) is 0.864. The highest BCUT2D eigenvalue weighted by Gasteiger charge is 2.15. The van der Waals surface area contributed by atoms with Crippen LogP contribution < -0.4 is 10.6 Å². The van der Waals surface area contributed by atoms with Gasteiger partial charge in [0.05, 0.1) is 12.5 Å². The van der Waals surface area contributed by atoms with E-state index in [9.17, 15) is 0 Å². The molecule has 21 heavy (non-hydrogen) atoms. The average Bonchev–Trinajstić information content (AvgIpc) is 2.56. The largest absolute Gasteiger partial charge is 0.340 e. The van der Waals surface area contributed by atoms with Gasteiger partial charge >= 0.3 is 0 Å². The second-order valence-electron chi connectivity index (χ2n) is 4.97. The van der Waals surface area contributed by atoms with Crippen molar-refractivity contribution in [1.29, 1.82) is 5.26 Å². The van der Waals surface area contributed by atoms with Crippen LogP contribution in [0.5, 0.6) is 0 Å². The van der Waals surface area contributed by atoms with Crippen LogP contribution in [0, 0.1) is 11.3 Å². The van der Waals surface area contributed by atoms with Gasteiger partial charge in [-0.15, -0.1) is 0 Å². The molecule has 0 fully saturated rings. The van der Waals surface area contributed by atoms with E-state index in [1.165, 1.54) is 0 Å². The van der Waals surface area contributed by atoms with Crippen LogP contribution in [0.15, 0.2) is 54.6 Å². The van der Waals surface area contributed by atoms with Crippen molar-refractivity contribution < 1.29 is 0 Å². The predicted octanol–water partition coefficient (Wildman–Crippen LogP) is 4.15. The Labute approximate surface area is 126 Å². The van der Waals surface area contributed by atoms with Gasteiger partial charge in [-0.1, -0.05) is 43.3 Å². The number of hydrogen-bond donors (Lipinski definition) is 1. The van der Waals surface area contributed by atoms with Crippen LogP contribution in [0.3, 0.4) is 0 Å². The van der Waals surface area contributed by atoms with Crippen LogP contribution >= 0.6 is 0 Å². The molecule has 2 aromatic carbocycles. The molecule has 0 bridgehead atoms. The molecule has 0 radical (unpaired) electrons. The van der Waals surface area contributed by atoms with Gasteiger partial charge in [0.15, 0.2) is 0 Å². The lowest BCUT2D eigenvalue weighted by atomic mass is 10.0. The molecule has 0 aliphatic rings. The summed E-state index contributed by atoms with van der Waals surface area (Å²) >= 11 is 0. The zero-order chi connectivity index (χ0) is 15.1. The lowest BCUT2D eigenvalue weighted by Gasteiger charge is -2.28. The smallest absolute Gasteiger partial charge is 0.0640 e. The summed E-state index contributed by atoms with van der Waals surface area (Å²) in [7, 11) is 0. The normalized spacial score (nSPS) is 11.7. The molecule has 0 aliphatic heterocycles. The minimum Gasteiger partial charge on any atom is -0.340 e. The molecule has 0 saturated heterocycles. The molecular weight excluding hydrogens is 258 g/mol. The lowest BCUT2D eigenvalue weighted by Crippen LogP contribution is -2.22. The van der Waals surface area contributed by atoms with Gasteiger partial charge < -0.3 is 10.6 Å². The molecule has 0 spiro atoms. The lowest BCUT2D eigenvalue weighted by molar-refractivity contribution is 0.696. The van der Waals surface area contributed by atoms with Gasteiger partial charge in [-0.2, -0.15) is 5.26 Å². The highest BCUT2D eigenvalue weighted by molar-refractivity contribution is 5.67. The molecule has 0 unspecified atom stereocenters. The fraction of sp³-hybridized carbons (Fsp3) is 0.278. The van der Waals surface area contributed by atoms with Gasteiger partial charge in [0.1, 0.15) is 0 Å². The maximum Gasteiger partial charge on any atom is 0.0640 e. The van der Waals surface area contributed by atoms with Crippen molar-refractivity contribution in [3.05, 3.63) is 60.2 Å². The highest BCUT2D eigenvalue weighted by atomic mass is 15.1. The van der Waals surface area contributed by atoms with Crippen molar-refractivity contribution in [3.63, 3.8) is 0 Å². The van der Waals surface area contributed by atoms with Crippen LogP contribution in [-0.4, -0.2) is 6.54 Å². The van der Waals surface area contributed by atoms with Gasteiger partial charge in [0.25, 0.3) is 0 Å². The molecule has 0 amide bonds. The molecule has 0 heterocycles. The monoisotopic (exact) mass is 279 g/mol. The van der Waals surface area contributed by atoms with Gasteiger partial charge in [0, 0.05) is 24.0 Å². The number of nitrogens with two attached hydrogens (primary N) is 1. The van der Waals surface area contributed by atoms with E-state index in [-0.39, 0.29) is 6.04 Å². The van der Waals surface area contributed by atoms with Crippen molar-refractivity contribution in [2.75, 3.05) is 11.4 Å². The molecule has 2 aromatic rings. The van der Waals surface area contributed by atoms with Gasteiger partial charge in [0.2, 0.25) is 0 Å². The fourth-order valence-corrected chi connectivity index (χ4v) is 2.43. The standard InChI is InChI=1S/C18H21N3/c1-2-17(20)16-11-6-7-12-18(16)21(14-8-13-19)15-9-4-3-5-10-15/h3-7,9-12,17H,2,8,14,20H2,1H3/t17-/m0/s1. The number of benzene rings is 2. The number of nitrogens with zero attached hydrogens (tertiary/aromatic N) is 2. The van der Waals surface area contributed by atoms with E-state index < -0.39 is 0 Å². The Morgan fingerprint density at radius 1 is 1.10 bits per heavy atom. The number of para-hydroxylation sites is 2. The maximum atomic E-state index is 8.93. The molecule has 3 heteroatoms. The Morgan fingerprint density at radius 3 is 2.43 bits per heavy atom. The summed E-state index contributed by atoms with van der Waals surface area (Å²) in [4.78, 5) is 2.17. The Kier molecular flexibility index (Phi) is 5.36. The molecule has 3 nitrogen and oxygen atoms in total. The van der Waals surface area contributed by atoms with Crippen LogP contribution in [0.1, 0.15) is 31.4 Å². The van der Waals surface area contributed by atoms with E-state index in [0.717, 1.165) is 23.4 Å². The summed E-state index contributed by atoms with van der Waals surface area (Å²) in [6.07, 6.45) is 1.36. The Bertz CT molecular complexity index is 601. The van der Waals surface area contributed by atoms with E-state index in [4.69, 9.17) is 11.0 Å². The van der Waals surface area contributed by atoms with Crippen molar-refractivity contribution in [2.45, 2.75) is 25.8 Å². The van der Waals surface area contributed by atoms with E-state index >= 15 is 0 Å². The van der Waals surface area contributed by atoms with Crippen LogP contribution in [-0.2, 0) is 0 Å². The second kappa shape index (κ2) is 7.47. The second-order valence-corrected chi connectivity index (χ2v) is 4.97. The Hall–Kier alpha value is -2.31. The third-order valence-electron chi connectivity index (χ3n) is 3.58. The Morgan fingerprint density at radius 2 is 1.76 bits per heavy atom. The first-order chi connectivity index (χ1) is 10.3. The van der Waals surface area contributed by atoms with Crippen molar-refractivity contribution in [3.8, 4) is 6.07 Å². The summed E-state index contributed by atoms with van der Waals surface area (Å²) in [5, 5.41) is 8.93. The summed E-state index contributed by atoms with van der Waals surface area (Å²) in [6.45, 7) is 2.75. The minimum atomic E-state index is 0.00879. The van der Waals surface area contributed by atoms with Gasteiger partial charge in [-0.25, -0.2) is 0 Å². The van der Waals surface area contributed by atoms with Crippen LogP contribution in [0.25, 0.3) is 0 Å². The molecule has 0 saturated carbocycles. The van der Waals surface area contributed by atoms with Crippen LogP contribution in [0.2, 0.25) is 0 Å². The zero-order valence-corrected chi connectivity index (χ0v) is 12.4. The fourth-order valence-electron chi connectivity index (χ4n) is 2.43. The predicted molar refractivity (Wildman–Crippen MR) is 87.3 cm³/mol. The summed E-state index contributed by atoms with van der Waals surface area (Å²) in [5.74, 6) is 0. The van der Waals surface area contributed by atoms with E-state index in [1.54, 1.807) is 0 Å². The number of nitriles is 1. The highest BCUT2D eigenvalue weighted by Crippen LogP contribution is 2.32. The summed E-state index contributed by atoms with van der Waals surface area (Å²) < 4.78 is 0. The SMILES string of the molecule is CC[C@H](N)c1ccccc1N(CCC#N)c1ccccc1. The summed E-state index contributed by atoms with van der Waals surface area (Å²) in [5.41, 5.74) is 9.55. The topological polar surface area (TPSA) is 53.0 Å². The molecule has 2 N–H and O–H groups in total. The first-order valence-electron chi connectivity index (χ1n) is 7.32. The number of hydrogen-bond acceptors (Lipinski definition) is 3. The third kappa shape index (κ3) is 3.62. The molecule has 0 aliphatic carbocycles. The number of rotatable bonds is 6. The van der Waals surface area contributed by atoms with Crippen molar-refractivity contribution >= 4 is 11.4 Å². The van der Waals surface area contributed by atoms with Crippen molar-refractivity contribution in [2.24, 2.45) is 5.73 Å². The van der Waals surface area contributed by atoms with Crippen molar-refractivity contribution in [1.82, 2.24) is 0 Å². The molecule has 1 atom stereocenters. The van der Waals surface area contributed by atoms with E-state index in [0.29, 0.717) is 13.0 Å². The van der Waals surface area contributed by atoms with Gasteiger partial charge in [-0.3, -0.25) is 0 Å². The average molecular weight is 279 g/mol. The molecule has 108 valence electrons. The maximum absolute atomic E-state index is 8.93. The zero-order valence-electron chi connectivity index (χ0n) is 12.4. The molecular formula is C18H21N3. The third-order valence-corrected chi connectivity index (χ3v) is 3.58. The minimum absolute atomic E-state index is 0.00879. The van der Waals surface area contributed by atoms with E-state index in [2.05, 4.69) is 42.2 Å². The summed E-state index contributed by atoms with van der Waals surface area (Å²) in [6, 6.07) is 20.6.